The summed E-state index contributed by atoms with van der Waals surface area (Å²) in [4.78, 5) is 13.6. The molecule has 176 valence electrons. The topological polar surface area (TPSA) is 43.3 Å². The van der Waals surface area contributed by atoms with Crippen LogP contribution in [0.4, 0.5) is 13.2 Å². The summed E-state index contributed by atoms with van der Waals surface area (Å²) in [6.45, 7) is 1.00. The maximum atomic E-state index is 12.8. The number of halogens is 3. The first-order chi connectivity index (χ1) is 16.4. The summed E-state index contributed by atoms with van der Waals surface area (Å²) in [7, 11) is 1.53. The molecular formula is C26H23F3N2O2S. The van der Waals surface area contributed by atoms with Crippen molar-refractivity contribution < 1.29 is 22.7 Å². The van der Waals surface area contributed by atoms with Gasteiger partial charge in [-0.2, -0.15) is 13.2 Å². The number of ether oxygens (including phenoxy) is 1. The Balaban J connectivity index is 1.43. The quantitative estimate of drug-likeness (QED) is 0.295. The van der Waals surface area contributed by atoms with E-state index in [1.54, 1.807) is 30.0 Å². The van der Waals surface area contributed by atoms with Gasteiger partial charge in [0.2, 0.25) is 0 Å². The van der Waals surface area contributed by atoms with Gasteiger partial charge in [0.25, 0.3) is 5.91 Å². The highest BCUT2D eigenvalue weighted by atomic mass is 32.2. The molecule has 0 fully saturated rings. The minimum absolute atomic E-state index is 0.203. The molecule has 0 aliphatic rings. The van der Waals surface area contributed by atoms with E-state index < -0.39 is 11.7 Å². The van der Waals surface area contributed by atoms with Gasteiger partial charge < -0.3 is 14.6 Å². The lowest BCUT2D eigenvalue weighted by molar-refractivity contribution is -0.137. The molecule has 0 aliphatic heterocycles. The minimum atomic E-state index is -4.33. The molecule has 8 heteroatoms. The third kappa shape index (κ3) is 5.39. The number of methoxy groups -OCH3 is 1. The first-order valence-corrected chi connectivity index (χ1v) is 11.6. The lowest BCUT2D eigenvalue weighted by Gasteiger charge is -2.10. The Morgan fingerprint density at radius 3 is 2.44 bits per heavy atom. The summed E-state index contributed by atoms with van der Waals surface area (Å²) < 4.78 is 45.7. The predicted molar refractivity (Wildman–Crippen MR) is 128 cm³/mol. The highest BCUT2D eigenvalue weighted by Gasteiger charge is 2.29. The Bertz CT molecular complexity index is 1280. The molecule has 0 atom stereocenters. The fourth-order valence-corrected chi connectivity index (χ4v) is 4.73. The summed E-state index contributed by atoms with van der Waals surface area (Å²) in [5.41, 5.74) is 1.69. The Morgan fingerprint density at radius 1 is 1.00 bits per heavy atom. The Kier molecular flexibility index (Phi) is 7.17. The van der Waals surface area contributed by atoms with Gasteiger partial charge in [-0.25, -0.2) is 0 Å². The zero-order chi connectivity index (χ0) is 24.1. The largest absolute Gasteiger partial charge is 0.496 e. The SMILES string of the molecule is COc1ccccc1C(=O)NCCn1cc(SCc2ccc(C(F)(F)F)cc2)c2ccccc21. The number of amides is 1. The highest BCUT2D eigenvalue weighted by molar-refractivity contribution is 7.98. The summed E-state index contributed by atoms with van der Waals surface area (Å²) in [5, 5.41) is 4.00. The molecule has 0 radical (unpaired) electrons. The average molecular weight is 485 g/mol. The summed E-state index contributed by atoms with van der Waals surface area (Å²) in [6.07, 6.45) is -2.31. The van der Waals surface area contributed by atoms with E-state index in [0.29, 0.717) is 30.2 Å². The van der Waals surface area contributed by atoms with Crippen LogP contribution in [0.3, 0.4) is 0 Å². The average Bonchev–Trinajstić information content (AvgIpc) is 3.20. The molecular weight excluding hydrogens is 461 g/mol. The van der Waals surface area contributed by atoms with Gasteiger partial charge in [0.1, 0.15) is 5.75 Å². The smallest absolute Gasteiger partial charge is 0.416 e. The molecule has 0 spiro atoms. The van der Waals surface area contributed by atoms with E-state index in [0.717, 1.165) is 33.5 Å². The zero-order valence-corrected chi connectivity index (χ0v) is 19.2. The second-order valence-electron chi connectivity index (χ2n) is 7.64. The number of alkyl halides is 3. The van der Waals surface area contributed by atoms with Gasteiger partial charge in [0.15, 0.2) is 0 Å². The number of benzene rings is 3. The number of nitrogens with zero attached hydrogens (tertiary/aromatic N) is 1. The first-order valence-electron chi connectivity index (χ1n) is 10.6. The van der Waals surface area contributed by atoms with Crippen LogP contribution in [-0.2, 0) is 18.5 Å². The van der Waals surface area contributed by atoms with Crippen LogP contribution in [0.2, 0.25) is 0 Å². The molecule has 1 amide bonds. The number of carbonyl (C=O) groups excluding carboxylic acids is 1. The van der Waals surface area contributed by atoms with Crippen LogP contribution >= 0.6 is 11.8 Å². The van der Waals surface area contributed by atoms with Crippen LogP contribution in [0.1, 0.15) is 21.5 Å². The fourth-order valence-electron chi connectivity index (χ4n) is 3.68. The Morgan fingerprint density at radius 2 is 1.71 bits per heavy atom. The van der Waals surface area contributed by atoms with Crippen molar-refractivity contribution in [2.45, 2.75) is 23.4 Å². The third-order valence-corrected chi connectivity index (χ3v) is 6.53. The van der Waals surface area contributed by atoms with Crippen molar-refractivity contribution in [1.29, 1.82) is 0 Å². The number of thioether (sulfide) groups is 1. The zero-order valence-electron chi connectivity index (χ0n) is 18.4. The number of fused-ring (bicyclic) bond motifs is 1. The van der Waals surface area contributed by atoms with Gasteiger partial charge in [-0.3, -0.25) is 4.79 Å². The maximum absolute atomic E-state index is 12.8. The van der Waals surface area contributed by atoms with Gasteiger partial charge >= 0.3 is 6.18 Å². The normalized spacial score (nSPS) is 11.5. The van der Waals surface area contributed by atoms with Crippen molar-refractivity contribution in [2.24, 2.45) is 0 Å². The molecule has 3 aromatic carbocycles. The van der Waals surface area contributed by atoms with Gasteiger partial charge in [-0.15, -0.1) is 11.8 Å². The van der Waals surface area contributed by atoms with Gasteiger partial charge in [-0.05, 0) is 35.9 Å². The molecule has 0 saturated heterocycles. The lowest BCUT2D eigenvalue weighted by Crippen LogP contribution is -2.27. The summed E-state index contributed by atoms with van der Waals surface area (Å²) in [6, 6.07) is 20.3. The van der Waals surface area contributed by atoms with E-state index >= 15 is 0 Å². The molecule has 4 nitrogen and oxygen atoms in total. The second kappa shape index (κ2) is 10.3. The van der Waals surface area contributed by atoms with E-state index in [2.05, 4.69) is 9.88 Å². The number of hydrogen-bond acceptors (Lipinski definition) is 3. The van der Waals surface area contributed by atoms with Crippen molar-refractivity contribution in [3.8, 4) is 5.75 Å². The Hall–Kier alpha value is -3.39. The Labute approximate surface area is 199 Å². The summed E-state index contributed by atoms with van der Waals surface area (Å²) in [5.74, 6) is 0.871. The molecule has 4 rings (SSSR count). The fraction of sp³-hybridized carbons (Fsp3) is 0.192. The molecule has 0 aliphatic carbocycles. The van der Waals surface area contributed by atoms with Crippen molar-refractivity contribution in [3.05, 3.63) is 95.7 Å². The van der Waals surface area contributed by atoms with E-state index in [1.165, 1.54) is 19.2 Å². The molecule has 4 aromatic rings. The predicted octanol–water partition coefficient (Wildman–Crippen LogP) is 6.39. The van der Waals surface area contributed by atoms with Crippen molar-refractivity contribution in [1.82, 2.24) is 9.88 Å². The number of rotatable bonds is 8. The molecule has 0 bridgehead atoms. The number of hydrogen-bond donors (Lipinski definition) is 1. The number of para-hydroxylation sites is 2. The molecule has 1 heterocycles. The lowest BCUT2D eigenvalue weighted by atomic mass is 10.1. The summed E-state index contributed by atoms with van der Waals surface area (Å²) >= 11 is 1.57. The number of aromatic nitrogens is 1. The third-order valence-electron chi connectivity index (χ3n) is 5.42. The monoisotopic (exact) mass is 484 g/mol. The van der Waals surface area contributed by atoms with Crippen LogP contribution < -0.4 is 10.1 Å². The maximum Gasteiger partial charge on any atom is 0.416 e. The van der Waals surface area contributed by atoms with Gasteiger partial charge in [-0.1, -0.05) is 42.5 Å². The standard InChI is InChI=1S/C26H23F3N2O2S/c1-33-23-9-5-3-7-21(23)25(32)30-14-15-31-16-24(20-6-2-4-8-22(20)31)34-17-18-10-12-19(13-11-18)26(27,28)29/h2-13,16H,14-15,17H2,1H3,(H,30,32). The van der Waals surface area contributed by atoms with Gasteiger partial charge in [0.05, 0.1) is 18.2 Å². The molecule has 1 aromatic heterocycles. The van der Waals surface area contributed by atoms with Crippen molar-refractivity contribution in [3.63, 3.8) is 0 Å². The van der Waals surface area contributed by atoms with Crippen LogP contribution in [0.5, 0.6) is 5.75 Å². The second-order valence-corrected chi connectivity index (χ2v) is 8.66. The van der Waals surface area contributed by atoms with E-state index in [4.69, 9.17) is 4.74 Å². The van der Waals surface area contributed by atoms with Crippen molar-refractivity contribution in [2.75, 3.05) is 13.7 Å². The number of nitrogens with one attached hydrogen (secondary N) is 1. The first kappa shape index (κ1) is 23.8. The molecule has 34 heavy (non-hydrogen) atoms. The van der Waals surface area contributed by atoms with E-state index in [9.17, 15) is 18.0 Å². The minimum Gasteiger partial charge on any atom is -0.496 e. The molecule has 1 N–H and O–H groups in total. The van der Waals surface area contributed by atoms with Crippen LogP contribution in [0, 0.1) is 0 Å². The van der Waals surface area contributed by atoms with Crippen molar-refractivity contribution >= 4 is 28.6 Å². The molecule has 0 unspecified atom stereocenters. The van der Waals surface area contributed by atoms with Gasteiger partial charge in [0, 0.05) is 40.8 Å². The van der Waals surface area contributed by atoms with Crippen LogP contribution in [0.15, 0.2) is 83.9 Å². The van der Waals surface area contributed by atoms with Crippen LogP contribution in [-0.4, -0.2) is 24.1 Å². The van der Waals surface area contributed by atoms with Crippen LogP contribution in [0.25, 0.3) is 10.9 Å². The van der Waals surface area contributed by atoms with E-state index in [1.807, 2.05) is 36.5 Å². The molecule has 0 saturated carbocycles. The highest BCUT2D eigenvalue weighted by Crippen LogP contribution is 2.33. The number of carbonyl (C=O) groups is 1. The van der Waals surface area contributed by atoms with E-state index in [-0.39, 0.29) is 5.91 Å².